The summed E-state index contributed by atoms with van der Waals surface area (Å²) in [5, 5.41) is 0.407. The molecule has 2 rings (SSSR count). The molecule has 0 saturated carbocycles. The largest absolute Gasteiger partial charge is 0.416 e. The number of halogens is 3. The van der Waals surface area contributed by atoms with E-state index in [0.29, 0.717) is 23.0 Å². The Morgan fingerprint density at radius 1 is 1.28 bits per heavy atom. The van der Waals surface area contributed by atoms with Gasteiger partial charge in [0.05, 0.1) is 16.8 Å². The highest BCUT2D eigenvalue weighted by molar-refractivity contribution is 5.81. The van der Waals surface area contributed by atoms with E-state index in [2.05, 4.69) is 9.97 Å². The molecular formula is C12H12F3N3. The van der Waals surface area contributed by atoms with Crippen LogP contribution in [0, 0.1) is 0 Å². The van der Waals surface area contributed by atoms with Crippen molar-refractivity contribution in [2.75, 3.05) is 0 Å². The highest BCUT2D eigenvalue weighted by Crippen LogP contribution is 2.31. The number of alkyl halides is 3. The van der Waals surface area contributed by atoms with Crippen LogP contribution in [0.3, 0.4) is 0 Å². The third-order valence-corrected chi connectivity index (χ3v) is 2.56. The number of hydrogen-bond acceptors (Lipinski definition) is 3. The summed E-state index contributed by atoms with van der Waals surface area (Å²) in [6.45, 7) is 1.78. The van der Waals surface area contributed by atoms with Gasteiger partial charge in [0.15, 0.2) is 0 Å². The summed E-state index contributed by atoms with van der Waals surface area (Å²) < 4.78 is 37.9. The first-order valence-corrected chi connectivity index (χ1v) is 5.44. The molecule has 0 fully saturated rings. The molecule has 0 aliphatic carbocycles. The lowest BCUT2D eigenvalue weighted by Crippen LogP contribution is -2.19. The van der Waals surface area contributed by atoms with Crippen LogP contribution < -0.4 is 5.73 Å². The van der Waals surface area contributed by atoms with E-state index in [-0.39, 0.29) is 6.04 Å². The van der Waals surface area contributed by atoms with Gasteiger partial charge in [-0.25, -0.2) is 9.97 Å². The zero-order chi connectivity index (χ0) is 13.3. The monoisotopic (exact) mass is 255 g/mol. The second-order valence-electron chi connectivity index (χ2n) is 4.23. The molecule has 0 bridgehead atoms. The molecule has 1 atom stereocenters. The number of fused-ring (bicyclic) bond motifs is 1. The Morgan fingerprint density at radius 3 is 2.61 bits per heavy atom. The molecule has 1 unspecified atom stereocenters. The molecular weight excluding hydrogens is 243 g/mol. The van der Waals surface area contributed by atoms with Crippen molar-refractivity contribution in [2.24, 2.45) is 5.73 Å². The van der Waals surface area contributed by atoms with Gasteiger partial charge in [-0.1, -0.05) is 0 Å². The third-order valence-electron chi connectivity index (χ3n) is 2.56. The molecule has 2 aromatic rings. The van der Waals surface area contributed by atoms with Gasteiger partial charge in [-0.15, -0.1) is 0 Å². The fourth-order valence-electron chi connectivity index (χ4n) is 1.75. The van der Waals surface area contributed by atoms with Crippen LogP contribution in [0.2, 0.25) is 0 Å². The number of rotatable bonds is 2. The zero-order valence-corrected chi connectivity index (χ0v) is 9.70. The van der Waals surface area contributed by atoms with Crippen molar-refractivity contribution >= 4 is 10.9 Å². The normalized spacial score (nSPS) is 13.8. The van der Waals surface area contributed by atoms with E-state index in [4.69, 9.17) is 5.73 Å². The molecule has 6 heteroatoms. The van der Waals surface area contributed by atoms with E-state index in [0.717, 1.165) is 12.1 Å². The van der Waals surface area contributed by atoms with Crippen LogP contribution in [0.25, 0.3) is 10.9 Å². The van der Waals surface area contributed by atoms with E-state index < -0.39 is 11.7 Å². The van der Waals surface area contributed by atoms with Crippen molar-refractivity contribution in [3.63, 3.8) is 0 Å². The Labute approximate surface area is 102 Å². The molecule has 2 N–H and O–H groups in total. The number of nitrogens with zero attached hydrogens (tertiary/aromatic N) is 2. The minimum atomic E-state index is -4.37. The van der Waals surface area contributed by atoms with Crippen LogP contribution in [-0.2, 0) is 12.6 Å². The second-order valence-corrected chi connectivity index (χ2v) is 4.23. The van der Waals surface area contributed by atoms with E-state index >= 15 is 0 Å². The van der Waals surface area contributed by atoms with Crippen molar-refractivity contribution in [3.8, 4) is 0 Å². The molecule has 3 nitrogen and oxygen atoms in total. The van der Waals surface area contributed by atoms with Gasteiger partial charge >= 0.3 is 6.18 Å². The van der Waals surface area contributed by atoms with Gasteiger partial charge in [0, 0.05) is 17.8 Å². The smallest absolute Gasteiger partial charge is 0.328 e. The summed E-state index contributed by atoms with van der Waals surface area (Å²) in [6, 6.07) is 3.28. The van der Waals surface area contributed by atoms with E-state index in [1.54, 1.807) is 6.92 Å². The van der Waals surface area contributed by atoms with Gasteiger partial charge in [0.1, 0.15) is 6.33 Å². The Bertz CT molecular complexity index is 564. The predicted molar refractivity (Wildman–Crippen MR) is 61.9 cm³/mol. The molecule has 0 radical (unpaired) electrons. The zero-order valence-electron chi connectivity index (χ0n) is 9.70. The summed E-state index contributed by atoms with van der Waals surface area (Å²) in [5.74, 6) is 0. The van der Waals surface area contributed by atoms with E-state index in [1.807, 2.05) is 0 Å². The van der Waals surface area contributed by atoms with Crippen molar-refractivity contribution in [1.82, 2.24) is 9.97 Å². The third kappa shape index (κ3) is 2.59. The van der Waals surface area contributed by atoms with E-state index in [1.165, 1.54) is 12.4 Å². The van der Waals surface area contributed by atoms with Gasteiger partial charge in [-0.3, -0.25) is 0 Å². The first-order valence-electron chi connectivity index (χ1n) is 5.44. The molecule has 18 heavy (non-hydrogen) atoms. The number of benzene rings is 1. The van der Waals surface area contributed by atoms with Crippen molar-refractivity contribution in [3.05, 3.63) is 35.8 Å². The Balaban J connectivity index is 2.58. The molecule has 0 aliphatic heterocycles. The van der Waals surface area contributed by atoms with Crippen LogP contribution in [0.15, 0.2) is 24.5 Å². The maximum absolute atomic E-state index is 12.6. The van der Waals surface area contributed by atoms with Crippen LogP contribution in [0.4, 0.5) is 13.2 Å². The Morgan fingerprint density at radius 2 is 2.00 bits per heavy atom. The van der Waals surface area contributed by atoms with E-state index in [9.17, 15) is 13.2 Å². The summed E-state index contributed by atoms with van der Waals surface area (Å²) in [5.41, 5.74) is 6.00. The fraction of sp³-hybridized carbons (Fsp3) is 0.333. The molecule has 0 saturated heterocycles. The lowest BCUT2D eigenvalue weighted by molar-refractivity contribution is -0.137. The highest BCUT2D eigenvalue weighted by atomic mass is 19.4. The maximum atomic E-state index is 12.6. The van der Waals surface area contributed by atoms with Crippen LogP contribution in [0.5, 0.6) is 0 Å². The van der Waals surface area contributed by atoms with Crippen molar-refractivity contribution in [2.45, 2.75) is 25.6 Å². The van der Waals surface area contributed by atoms with Crippen LogP contribution in [-0.4, -0.2) is 16.0 Å². The van der Waals surface area contributed by atoms with Gasteiger partial charge < -0.3 is 5.73 Å². The summed E-state index contributed by atoms with van der Waals surface area (Å²) in [7, 11) is 0. The topological polar surface area (TPSA) is 51.8 Å². The minimum Gasteiger partial charge on any atom is -0.328 e. The fourth-order valence-corrected chi connectivity index (χ4v) is 1.75. The highest BCUT2D eigenvalue weighted by Gasteiger charge is 2.30. The van der Waals surface area contributed by atoms with Gasteiger partial charge in [0.2, 0.25) is 0 Å². The number of aromatic nitrogens is 2. The molecule has 1 aromatic carbocycles. The molecule has 0 spiro atoms. The first-order chi connectivity index (χ1) is 8.38. The van der Waals surface area contributed by atoms with Crippen LogP contribution in [0.1, 0.15) is 18.2 Å². The second kappa shape index (κ2) is 4.53. The maximum Gasteiger partial charge on any atom is 0.416 e. The predicted octanol–water partition coefficient (Wildman–Crippen LogP) is 2.54. The van der Waals surface area contributed by atoms with Crippen molar-refractivity contribution < 1.29 is 13.2 Å². The summed E-state index contributed by atoms with van der Waals surface area (Å²) in [4.78, 5) is 7.96. The van der Waals surface area contributed by atoms with Gasteiger partial charge in [-0.05, 0) is 25.1 Å². The molecule has 1 heterocycles. The SMILES string of the molecule is CC(N)Cc1ncnc2ccc(C(F)(F)F)cc12. The minimum absolute atomic E-state index is 0.169. The van der Waals surface area contributed by atoms with Gasteiger partial charge in [-0.2, -0.15) is 13.2 Å². The quantitative estimate of drug-likeness (QED) is 0.897. The Hall–Kier alpha value is -1.69. The lowest BCUT2D eigenvalue weighted by atomic mass is 10.1. The standard InChI is InChI=1S/C12H12F3N3/c1-7(16)4-11-9-5-8(12(13,14)15)2-3-10(9)17-6-18-11/h2-3,5-7H,4,16H2,1H3. The molecule has 0 amide bonds. The first kappa shape index (κ1) is 12.8. The lowest BCUT2D eigenvalue weighted by Gasteiger charge is -2.10. The van der Waals surface area contributed by atoms with Crippen LogP contribution >= 0.6 is 0 Å². The molecule has 0 aliphatic rings. The average molecular weight is 255 g/mol. The van der Waals surface area contributed by atoms with Crippen molar-refractivity contribution in [1.29, 1.82) is 0 Å². The van der Waals surface area contributed by atoms with Gasteiger partial charge in [0.25, 0.3) is 0 Å². The molecule has 1 aromatic heterocycles. The Kier molecular flexibility index (Phi) is 3.21. The summed E-state index contributed by atoms with van der Waals surface area (Å²) >= 11 is 0. The number of hydrogen-bond donors (Lipinski definition) is 1. The number of nitrogens with two attached hydrogens (primary N) is 1. The average Bonchev–Trinajstić information content (AvgIpc) is 2.27. The molecule has 96 valence electrons. The summed E-state index contributed by atoms with van der Waals surface area (Å²) in [6.07, 6.45) is -2.61.